The number of carbonyl (C=O) groups excluding carboxylic acids is 1. The lowest BCUT2D eigenvalue weighted by atomic mass is 9.87. The summed E-state index contributed by atoms with van der Waals surface area (Å²) in [5.41, 5.74) is 1.38. The molecule has 0 saturated heterocycles. The molecule has 1 aliphatic carbocycles. The topological polar surface area (TPSA) is 108 Å². The number of rotatable bonds is 9. The Labute approximate surface area is 224 Å². The fourth-order valence-electron chi connectivity index (χ4n) is 4.51. The second-order valence-corrected chi connectivity index (χ2v) is 10.6. The Hall–Kier alpha value is -3.82. The quantitative estimate of drug-likeness (QED) is 0.279. The number of pyridine rings is 1. The predicted molar refractivity (Wildman–Crippen MR) is 145 cm³/mol. The summed E-state index contributed by atoms with van der Waals surface area (Å²) >= 11 is 0. The molecule has 0 unspecified atom stereocenters. The van der Waals surface area contributed by atoms with Crippen LogP contribution in [-0.4, -0.2) is 49.1 Å². The first-order chi connectivity index (χ1) is 18.3. The number of aryl methyl sites for hydroxylation is 1. The summed E-state index contributed by atoms with van der Waals surface area (Å²) in [4.78, 5) is 25.3. The van der Waals surface area contributed by atoms with Crippen LogP contribution in [0.1, 0.15) is 76.4 Å². The molecule has 4 rings (SSSR count). The lowest BCUT2D eigenvalue weighted by Gasteiger charge is -2.29. The molecule has 1 aromatic carbocycles. The molecule has 202 valence electrons. The number of hydrogen-bond acceptors (Lipinski definition) is 8. The summed E-state index contributed by atoms with van der Waals surface area (Å²) in [6, 6.07) is 15.1. The molecular formula is C28H37N7O3. The number of carbonyl (C=O) groups is 1. The van der Waals surface area contributed by atoms with E-state index < -0.39 is 11.7 Å². The molecule has 0 aliphatic heterocycles. The van der Waals surface area contributed by atoms with Crippen molar-refractivity contribution in [2.75, 3.05) is 11.4 Å². The van der Waals surface area contributed by atoms with E-state index in [1.54, 1.807) is 16.6 Å². The number of ether oxygens (including phenoxy) is 1. The van der Waals surface area contributed by atoms with E-state index in [4.69, 9.17) is 14.6 Å². The van der Waals surface area contributed by atoms with E-state index in [1.807, 2.05) is 69.3 Å². The number of anilines is 1. The average Bonchev–Trinajstić information content (AvgIpc) is 3.32. The van der Waals surface area contributed by atoms with Crippen LogP contribution in [0.15, 0.2) is 53.7 Å². The van der Waals surface area contributed by atoms with Crippen molar-refractivity contribution in [3.8, 4) is 0 Å². The van der Waals surface area contributed by atoms with Gasteiger partial charge in [-0.1, -0.05) is 73.7 Å². The van der Waals surface area contributed by atoms with Gasteiger partial charge in [0.1, 0.15) is 11.4 Å². The SMILES string of the molecule is Cn1nnnc1C(=NOCc1cccc(N(CCC2CCCCC2)C(=O)OC(C)(C)C)n1)c1ccccc1. The molecule has 3 aromatic rings. The second kappa shape index (κ2) is 12.6. The standard InChI is InChI=1S/C28H37N7O3/c1-28(2,3)38-27(36)35(19-18-21-12-7-5-8-13-21)24-17-11-16-23(29-24)20-37-31-25(22-14-9-6-10-15-22)26-30-32-33-34(26)4/h6,9-11,14-17,21H,5,7-8,12-13,18-20H2,1-4H3. The molecular weight excluding hydrogens is 482 g/mol. The van der Waals surface area contributed by atoms with Gasteiger partial charge in [-0.2, -0.15) is 0 Å². The van der Waals surface area contributed by atoms with Crippen LogP contribution in [0.25, 0.3) is 0 Å². The minimum Gasteiger partial charge on any atom is -0.443 e. The molecule has 1 fully saturated rings. The van der Waals surface area contributed by atoms with Crippen molar-refractivity contribution >= 4 is 17.6 Å². The normalized spacial score (nSPS) is 14.8. The van der Waals surface area contributed by atoms with E-state index in [-0.39, 0.29) is 6.61 Å². The van der Waals surface area contributed by atoms with E-state index in [9.17, 15) is 4.79 Å². The molecule has 0 spiro atoms. The maximum atomic E-state index is 13.2. The van der Waals surface area contributed by atoms with Gasteiger partial charge in [-0.3, -0.25) is 4.90 Å². The number of oxime groups is 1. The van der Waals surface area contributed by atoms with Crippen LogP contribution in [0.3, 0.4) is 0 Å². The first-order valence-corrected chi connectivity index (χ1v) is 13.2. The van der Waals surface area contributed by atoms with Crippen LogP contribution < -0.4 is 4.90 Å². The summed E-state index contributed by atoms with van der Waals surface area (Å²) in [5.74, 6) is 1.65. The molecule has 0 radical (unpaired) electrons. The van der Waals surface area contributed by atoms with Gasteiger partial charge in [-0.25, -0.2) is 14.5 Å². The van der Waals surface area contributed by atoms with E-state index in [0.29, 0.717) is 35.5 Å². The monoisotopic (exact) mass is 519 g/mol. The van der Waals surface area contributed by atoms with Crippen LogP contribution in [0.4, 0.5) is 10.6 Å². The number of hydrogen-bond donors (Lipinski definition) is 0. The van der Waals surface area contributed by atoms with Crippen LogP contribution in [-0.2, 0) is 23.2 Å². The molecule has 1 saturated carbocycles. The van der Waals surface area contributed by atoms with Crippen molar-refractivity contribution in [2.45, 2.75) is 71.5 Å². The fraction of sp³-hybridized carbons (Fsp3) is 0.500. The van der Waals surface area contributed by atoms with Gasteiger partial charge < -0.3 is 9.57 Å². The van der Waals surface area contributed by atoms with E-state index in [0.717, 1.165) is 12.0 Å². The molecule has 0 atom stereocenters. The molecule has 1 amide bonds. The Morgan fingerprint density at radius 1 is 1.08 bits per heavy atom. The number of amides is 1. The van der Waals surface area contributed by atoms with Crippen molar-refractivity contribution in [3.63, 3.8) is 0 Å². The Bertz CT molecular complexity index is 1210. The highest BCUT2D eigenvalue weighted by Crippen LogP contribution is 2.27. The number of nitrogens with zero attached hydrogens (tertiary/aromatic N) is 7. The molecule has 10 heteroatoms. The zero-order chi connectivity index (χ0) is 27.0. The minimum atomic E-state index is -0.599. The summed E-state index contributed by atoms with van der Waals surface area (Å²) < 4.78 is 7.26. The lowest BCUT2D eigenvalue weighted by Crippen LogP contribution is -2.38. The molecule has 0 N–H and O–H groups in total. The van der Waals surface area contributed by atoms with Crippen molar-refractivity contribution in [2.24, 2.45) is 18.1 Å². The highest BCUT2D eigenvalue weighted by Gasteiger charge is 2.26. The first-order valence-electron chi connectivity index (χ1n) is 13.2. The number of benzene rings is 1. The van der Waals surface area contributed by atoms with Crippen LogP contribution in [0.2, 0.25) is 0 Å². The predicted octanol–water partition coefficient (Wildman–Crippen LogP) is 5.29. The van der Waals surface area contributed by atoms with Crippen molar-refractivity contribution in [1.82, 2.24) is 25.2 Å². The largest absolute Gasteiger partial charge is 0.443 e. The molecule has 1 aliphatic rings. The van der Waals surface area contributed by atoms with Crippen molar-refractivity contribution in [1.29, 1.82) is 0 Å². The third-order valence-electron chi connectivity index (χ3n) is 6.42. The summed E-state index contributed by atoms with van der Waals surface area (Å²) in [6.07, 6.45) is 6.79. The summed E-state index contributed by atoms with van der Waals surface area (Å²) in [7, 11) is 1.75. The second-order valence-electron chi connectivity index (χ2n) is 10.6. The first kappa shape index (κ1) is 27.2. The van der Waals surface area contributed by atoms with Gasteiger partial charge in [0.2, 0.25) is 5.82 Å². The van der Waals surface area contributed by atoms with E-state index >= 15 is 0 Å². The van der Waals surface area contributed by atoms with E-state index in [1.165, 1.54) is 32.1 Å². The van der Waals surface area contributed by atoms with E-state index in [2.05, 4.69) is 20.7 Å². The molecule has 38 heavy (non-hydrogen) atoms. The number of tetrazole rings is 1. The third-order valence-corrected chi connectivity index (χ3v) is 6.42. The van der Waals surface area contributed by atoms with Gasteiger partial charge in [0.05, 0.1) is 5.69 Å². The Morgan fingerprint density at radius 2 is 1.84 bits per heavy atom. The van der Waals surface area contributed by atoms with Crippen molar-refractivity contribution < 1.29 is 14.4 Å². The van der Waals surface area contributed by atoms with Crippen LogP contribution >= 0.6 is 0 Å². The smallest absolute Gasteiger partial charge is 0.416 e. The average molecular weight is 520 g/mol. The zero-order valence-corrected chi connectivity index (χ0v) is 22.7. The number of aromatic nitrogens is 5. The molecule has 0 bridgehead atoms. The lowest BCUT2D eigenvalue weighted by molar-refractivity contribution is 0.0576. The van der Waals surface area contributed by atoms with Gasteiger partial charge in [0, 0.05) is 19.2 Å². The van der Waals surface area contributed by atoms with Gasteiger partial charge in [-0.15, -0.1) is 5.10 Å². The molecule has 10 nitrogen and oxygen atoms in total. The van der Waals surface area contributed by atoms with Crippen molar-refractivity contribution in [3.05, 3.63) is 65.6 Å². The van der Waals surface area contributed by atoms with Gasteiger partial charge in [-0.05, 0) is 55.7 Å². The molecule has 2 heterocycles. The maximum absolute atomic E-state index is 13.2. The van der Waals surface area contributed by atoms with Gasteiger partial charge >= 0.3 is 6.09 Å². The fourth-order valence-corrected chi connectivity index (χ4v) is 4.51. The minimum absolute atomic E-state index is 0.111. The highest BCUT2D eigenvalue weighted by molar-refractivity contribution is 6.10. The Morgan fingerprint density at radius 3 is 2.53 bits per heavy atom. The molecule has 2 aromatic heterocycles. The zero-order valence-electron chi connectivity index (χ0n) is 22.7. The van der Waals surface area contributed by atoms with Crippen LogP contribution in [0.5, 0.6) is 0 Å². The summed E-state index contributed by atoms with van der Waals surface area (Å²) in [5, 5.41) is 16.1. The van der Waals surface area contributed by atoms with Gasteiger partial charge in [0.15, 0.2) is 12.3 Å². The summed E-state index contributed by atoms with van der Waals surface area (Å²) in [6.45, 7) is 6.29. The Kier molecular flexibility index (Phi) is 9.04. The third kappa shape index (κ3) is 7.60. The van der Waals surface area contributed by atoms with Gasteiger partial charge in [0.25, 0.3) is 0 Å². The van der Waals surface area contributed by atoms with Crippen LogP contribution in [0, 0.1) is 5.92 Å². The highest BCUT2D eigenvalue weighted by atomic mass is 16.6. The Balaban J connectivity index is 1.51. The maximum Gasteiger partial charge on any atom is 0.416 e.